The van der Waals surface area contributed by atoms with Crippen LogP contribution in [0.5, 0.6) is 0 Å². The summed E-state index contributed by atoms with van der Waals surface area (Å²) < 4.78 is 50.9. The van der Waals surface area contributed by atoms with Crippen molar-refractivity contribution in [3.63, 3.8) is 0 Å². The number of carbonyl (C=O) groups excluding carboxylic acids is 1. The minimum absolute atomic E-state index is 0.127. The van der Waals surface area contributed by atoms with Crippen LogP contribution in [0.3, 0.4) is 0 Å². The van der Waals surface area contributed by atoms with E-state index in [-0.39, 0.29) is 5.82 Å². The highest BCUT2D eigenvalue weighted by molar-refractivity contribution is 5.88. The highest BCUT2D eigenvalue weighted by atomic mass is 19.3. The fraction of sp³-hybridized carbons (Fsp3) is 0.357. The molecule has 130 valence electrons. The lowest BCUT2D eigenvalue weighted by Gasteiger charge is -2.15. The van der Waals surface area contributed by atoms with E-state index in [1.165, 1.54) is 6.07 Å². The monoisotopic (exact) mass is 345 g/mol. The van der Waals surface area contributed by atoms with E-state index in [0.717, 1.165) is 5.56 Å². The van der Waals surface area contributed by atoms with E-state index < -0.39 is 24.9 Å². The highest BCUT2D eigenvalue weighted by Gasteiger charge is 2.40. The number of alkyl halides is 4. The molecule has 0 bridgehead atoms. The van der Waals surface area contributed by atoms with E-state index in [4.69, 9.17) is 0 Å². The third-order valence-electron chi connectivity index (χ3n) is 3.07. The molecule has 0 aromatic carbocycles. The van der Waals surface area contributed by atoms with Crippen LogP contribution in [0.15, 0.2) is 36.8 Å². The molecule has 0 atom stereocenters. The lowest BCUT2D eigenvalue weighted by molar-refractivity contribution is -0.123. The van der Waals surface area contributed by atoms with Crippen molar-refractivity contribution in [1.29, 1.82) is 0 Å². The molecular weight excluding hydrogens is 330 g/mol. The summed E-state index contributed by atoms with van der Waals surface area (Å²) in [5, 5.41) is 7.92. The molecule has 10 heteroatoms. The normalized spacial score (nSPS) is 11.5. The number of amides is 2. The first-order valence-electron chi connectivity index (χ1n) is 7.00. The molecule has 2 aromatic rings. The van der Waals surface area contributed by atoms with Gasteiger partial charge in [0.15, 0.2) is 5.82 Å². The van der Waals surface area contributed by atoms with Gasteiger partial charge in [0.05, 0.1) is 6.54 Å². The Labute approximate surface area is 134 Å². The standard InChI is InChI=1S/C14H15F4N5O/c15-12(16)14(17,18)9-20-13(24)21-11-4-8-23(22-11)7-3-10-1-5-19-6-2-10/h1-2,4-6,8,12H,3,7,9H2,(H2,20,21,22,24). The minimum Gasteiger partial charge on any atom is -0.332 e. The number of hydrogen-bond acceptors (Lipinski definition) is 3. The van der Waals surface area contributed by atoms with Gasteiger partial charge < -0.3 is 5.32 Å². The Balaban J connectivity index is 1.79. The SMILES string of the molecule is O=C(NCC(F)(F)C(F)F)Nc1ccn(CCc2ccncc2)n1. The Bertz CT molecular complexity index is 662. The van der Waals surface area contributed by atoms with Gasteiger partial charge in [0.25, 0.3) is 0 Å². The minimum atomic E-state index is -4.28. The zero-order valence-corrected chi connectivity index (χ0v) is 12.4. The van der Waals surface area contributed by atoms with Crippen LogP contribution in [-0.2, 0) is 13.0 Å². The van der Waals surface area contributed by atoms with Crippen molar-refractivity contribution in [3.05, 3.63) is 42.4 Å². The fourth-order valence-electron chi connectivity index (χ4n) is 1.78. The molecule has 2 heterocycles. The van der Waals surface area contributed by atoms with Crippen molar-refractivity contribution in [1.82, 2.24) is 20.1 Å². The van der Waals surface area contributed by atoms with Gasteiger partial charge >= 0.3 is 18.4 Å². The molecule has 0 aliphatic carbocycles. The smallest absolute Gasteiger partial charge is 0.324 e. The summed E-state index contributed by atoms with van der Waals surface area (Å²) in [6.45, 7) is -0.921. The Morgan fingerprint density at radius 3 is 2.62 bits per heavy atom. The number of halogens is 4. The van der Waals surface area contributed by atoms with Crippen molar-refractivity contribution >= 4 is 11.8 Å². The van der Waals surface area contributed by atoms with Gasteiger partial charge in [-0.05, 0) is 24.1 Å². The van der Waals surface area contributed by atoms with Crippen molar-refractivity contribution in [2.75, 3.05) is 11.9 Å². The number of pyridine rings is 1. The number of anilines is 1. The Hall–Kier alpha value is -2.65. The average Bonchev–Trinajstić information content (AvgIpc) is 2.99. The van der Waals surface area contributed by atoms with Crippen LogP contribution in [0.4, 0.5) is 28.2 Å². The molecule has 0 unspecified atom stereocenters. The lowest BCUT2D eigenvalue weighted by Crippen LogP contribution is -2.43. The number of nitrogens with one attached hydrogen (secondary N) is 2. The number of rotatable bonds is 7. The molecule has 0 aliphatic rings. The second-order valence-corrected chi connectivity index (χ2v) is 4.94. The number of urea groups is 1. The maximum atomic E-state index is 12.7. The van der Waals surface area contributed by atoms with Crippen LogP contribution >= 0.6 is 0 Å². The lowest BCUT2D eigenvalue weighted by atomic mass is 10.2. The zero-order chi connectivity index (χ0) is 17.6. The van der Waals surface area contributed by atoms with Crippen molar-refractivity contribution < 1.29 is 22.4 Å². The summed E-state index contributed by atoms with van der Waals surface area (Å²) in [6, 6.07) is 4.16. The molecule has 0 saturated carbocycles. The van der Waals surface area contributed by atoms with Crippen LogP contribution in [0.2, 0.25) is 0 Å². The maximum absolute atomic E-state index is 12.7. The number of aryl methyl sites for hydroxylation is 2. The number of hydrogen-bond donors (Lipinski definition) is 2. The van der Waals surface area contributed by atoms with Gasteiger partial charge in [-0.3, -0.25) is 15.0 Å². The molecule has 24 heavy (non-hydrogen) atoms. The average molecular weight is 345 g/mol. The van der Waals surface area contributed by atoms with Crippen LogP contribution < -0.4 is 10.6 Å². The van der Waals surface area contributed by atoms with Crippen molar-refractivity contribution in [2.45, 2.75) is 25.3 Å². The molecule has 0 aliphatic heterocycles. The predicted molar refractivity (Wildman–Crippen MR) is 78.1 cm³/mol. The van der Waals surface area contributed by atoms with Crippen molar-refractivity contribution in [2.24, 2.45) is 0 Å². The van der Waals surface area contributed by atoms with E-state index in [1.54, 1.807) is 28.6 Å². The molecule has 2 amide bonds. The van der Waals surface area contributed by atoms with Gasteiger partial charge in [-0.2, -0.15) is 13.9 Å². The van der Waals surface area contributed by atoms with Gasteiger partial charge in [-0.25, -0.2) is 13.6 Å². The largest absolute Gasteiger partial charge is 0.332 e. The summed E-state index contributed by atoms with van der Waals surface area (Å²) in [5.74, 6) is -4.15. The number of carbonyl (C=O) groups is 1. The van der Waals surface area contributed by atoms with Gasteiger partial charge in [0.2, 0.25) is 0 Å². The van der Waals surface area contributed by atoms with Crippen LogP contribution in [0.1, 0.15) is 5.56 Å². The van der Waals surface area contributed by atoms with Gasteiger partial charge in [-0.15, -0.1) is 0 Å². The summed E-state index contributed by atoms with van der Waals surface area (Å²) >= 11 is 0. The predicted octanol–water partition coefficient (Wildman–Crippen LogP) is 2.54. The second kappa shape index (κ2) is 7.75. The number of aromatic nitrogens is 3. The molecule has 2 rings (SSSR count). The van der Waals surface area contributed by atoms with E-state index >= 15 is 0 Å². The summed E-state index contributed by atoms with van der Waals surface area (Å²) in [7, 11) is 0. The quantitative estimate of drug-likeness (QED) is 0.758. The van der Waals surface area contributed by atoms with Crippen molar-refractivity contribution in [3.8, 4) is 0 Å². The molecule has 2 N–H and O–H groups in total. The Morgan fingerprint density at radius 1 is 1.25 bits per heavy atom. The van der Waals surface area contributed by atoms with Gasteiger partial charge in [0.1, 0.15) is 0 Å². The number of nitrogens with zero attached hydrogens (tertiary/aromatic N) is 3. The summed E-state index contributed by atoms with van der Waals surface area (Å²) in [5.41, 5.74) is 1.06. The molecule has 0 fully saturated rings. The molecule has 0 spiro atoms. The zero-order valence-electron chi connectivity index (χ0n) is 12.4. The van der Waals surface area contributed by atoms with Crippen LogP contribution in [0, 0.1) is 0 Å². The van der Waals surface area contributed by atoms with Gasteiger partial charge in [0, 0.05) is 31.2 Å². The third-order valence-corrected chi connectivity index (χ3v) is 3.07. The molecule has 0 saturated heterocycles. The molecular formula is C14H15F4N5O. The van der Waals surface area contributed by atoms with E-state index in [9.17, 15) is 22.4 Å². The second-order valence-electron chi connectivity index (χ2n) is 4.94. The fourth-order valence-corrected chi connectivity index (χ4v) is 1.78. The molecule has 2 aromatic heterocycles. The van der Waals surface area contributed by atoms with Crippen LogP contribution in [0.25, 0.3) is 0 Å². The van der Waals surface area contributed by atoms with Crippen LogP contribution in [-0.4, -0.2) is 39.7 Å². The Kier molecular flexibility index (Phi) is 5.72. The maximum Gasteiger partial charge on any atom is 0.324 e. The third kappa shape index (κ3) is 5.21. The molecule has 6 nitrogen and oxygen atoms in total. The molecule has 0 radical (unpaired) electrons. The first kappa shape index (κ1) is 17.7. The first-order chi connectivity index (χ1) is 11.4. The topological polar surface area (TPSA) is 71.8 Å². The van der Waals surface area contributed by atoms with E-state index in [2.05, 4.69) is 15.4 Å². The highest BCUT2D eigenvalue weighted by Crippen LogP contribution is 2.21. The van der Waals surface area contributed by atoms with Gasteiger partial charge in [-0.1, -0.05) is 0 Å². The Morgan fingerprint density at radius 2 is 1.96 bits per heavy atom. The van der Waals surface area contributed by atoms with E-state index in [0.29, 0.717) is 13.0 Å². The summed E-state index contributed by atoms with van der Waals surface area (Å²) in [4.78, 5) is 15.3. The first-order valence-corrected chi connectivity index (χ1v) is 7.00. The van der Waals surface area contributed by atoms with E-state index in [1.807, 2.05) is 12.1 Å². The summed E-state index contributed by atoms with van der Waals surface area (Å²) in [6.07, 6.45) is 1.79.